The third kappa shape index (κ3) is 13.3. The monoisotopic (exact) mass is 1150 g/mol. The first-order chi connectivity index (χ1) is 38.0. The van der Waals surface area contributed by atoms with Gasteiger partial charge in [0.2, 0.25) is 5.91 Å². The van der Waals surface area contributed by atoms with Crippen molar-refractivity contribution >= 4 is 72.5 Å². The lowest BCUT2D eigenvalue weighted by Crippen LogP contribution is -2.53. The van der Waals surface area contributed by atoms with E-state index in [1.165, 1.54) is 84.0 Å². The Labute approximate surface area is 451 Å². The number of nitrogen functional groups attached to an aromatic ring is 3. The van der Waals surface area contributed by atoms with Gasteiger partial charge in [0.1, 0.15) is 78.4 Å². The number of nitrogens with zero attached hydrogens (tertiary/aromatic N) is 12. The third-order valence-corrected chi connectivity index (χ3v) is 16.0. The zero-order valence-electron chi connectivity index (χ0n) is 43.2. The summed E-state index contributed by atoms with van der Waals surface area (Å²) in [7, 11) is -11.1. The van der Waals surface area contributed by atoms with Crippen molar-refractivity contribution in [2.24, 2.45) is 5.92 Å². The molecule has 33 heteroatoms. The quantitative estimate of drug-likeness (QED) is 0.0250. The van der Waals surface area contributed by atoms with Crippen LogP contribution in [0.5, 0.6) is 0 Å². The van der Waals surface area contributed by atoms with Crippen molar-refractivity contribution in [2.45, 2.75) is 171 Å². The molecule has 0 saturated carbocycles. The topological polar surface area (TPSA) is 452 Å². The Morgan fingerprint density at radius 1 is 0.709 bits per heavy atom. The number of aliphatic hydroxyl groups excluding tert-OH is 3. The molecule has 31 nitrogen and oxygen atoms in total. The number of imidazole rings is 3. The largest absolute Gasteiger partial charge is 0.756 e. The molecule has 0 aromatic carbocycles. The predicted molar refractivity (Wildman–Crippen MR) is 276 cm³/mol. The number of nitrogens with one attached hydrogen (secondary N) is 1. The molecule has 3 aliphatic rings. The van der Waals surface area contributed by atoms with E-state index in [0.717, 1.165) is 44.8 Å². The van der Waals surface area contributed by atoms with Crippen LogP contribution in [0.3, 0.4) is 0 Å². The van der Waals surface area contributed by atoms with Gasteiger partial charge in [-0.1, -0.05) is 84.0 Å². The smallest absolute Gasteiger partial charge is 0.472 e. The lowest BCUT2D eigenvalue weighted by Gasteiger charge is -2.36. The zero-order valence-corrected chi connectivity index (χ0v) is 45.0. The van der Waals surface area contributed by atoms with Crippen LogP contribution in [0.25, 0.3) is 33.5 Å². The minimum atomic E-state index is -5.79. The first-order valence-electron chi connectivity index (χ1n) is 26.4. The van der Waals surface area contributed by atoms with E-state index in [-0.39, 0.29) is 63.8 Å². The fraction of sp³-hybridized carbons (Fsp3) is 0.652. The van der Waals surface area contributed by atoms with Gasteiger partial charge in [-0.2, -0.15) is 0 Å². The van der Waals surface area contributed by atoms with E-state index >= 15 is 0 Å². The maximum Gasteiger partial charge on any atom is 0.472 e. The fourth-order valence-electron chi connectivity index (χ4n) is 10.7. The molecule has 1 amide bonds. The molecule has 3 aliphatic heterocycles. The Kier molecular flexibility index (Phi) is 18.8. The fourth-order valence-corrected chi connectivity index (χ4v) is 12.2. The first kappa shape index (κ1) is 58.2. The van der Waals surface area contributed by atoms with Crippen molar-refractivity contribution in [3.05, 3.63) is 38.0 Å². The number of aliphatic hydroxyl groups is 3. The van der Waals surface area contributed by atoms with E-state index in [1.54, 1.807) is 0 Å². The van der Waals surface area contributed by atoms with Gasteiger partial charge in [-0.3, -0.25) is 32.1 Å². The SMILES string of the molecule is CCCCCCCCCCCCCCCC(=O)NC1C(O)C(n2cnc3c(N)ncnc32)OC1C(OP(=O)([O-])O)C1CC(COP(=O)(O)OC2C(O)C(CO)OC2n2cnc3c(N)ncnc32)OC1n1cnc2c(N)ncnc21. The standard InChI is InChI=1S/C46H68N16O15P2/c1-2-3-4-5-6-7-8-9-10-11-12-13-14-15-28(64)59-29-34(66)45(61-23-57-31-39(48)51-20-54-42(31)61)75-36(29)35(76-78(67,68)69)26-16-25(73-44(26)60-22-56-30-38(47)50-19-53-41(30)60)18-72-79(70,71)77-37-33(65)27(17-63)74-46(37)62-24-58-32-40(49)52-21-55-43(32)62/h19-27,29,33-37,44-46,63,65-66H,2-18H2,1H3,(H,59,64)(H,70,71)(H2,47,50,53)(H2,48,51,54)(H2,49,52,55)(H2,67,68,69)/p-1. The minimum Gasteiger partial charge on any atom is -0.756 e. The molecule has 3 saturated heterocycles. The molecule has 79 heavy (non-hydrogen) atoms. The van der Waals surface area contributed by atoms with Gasteiger partial charge >= 0.3 is 7.82 Å². The summed E-state index contributed by atoms with van der Waals surface area (Å²) in [5.41, 5.74) is 19.0. The summed E-state index contributed by atoms with van der Waals surface area (Å²) in [5, 5.41) is 36.3. The molecular weight excluding hydrogens is 1080 g/mol. The number of aromatic nitrogens is 12. The van der Waals surface area contributed by atoms with Gasteiger partial charge in [0.15, 0.2) is 46.9 Å². The van der Waals surface area contributed by atoms with Crippen LogP contribution in [0, 0.1) is 5.92 Å². The van der Waals surface area contributed by atoms with Gasteiger partial charge in [0, 0.05) is 12.3 Å². The van der Waals surface area contributed by atoms with Crippen molar-refractivity contribution in [3.63, 3.8) is 0 Å². The molecule has 9 rings (SSSR count). The number of carbonyl (C=O) groups is 1. The molecule has 0 radical (unpaired) electrons. The Balaban J connectivity index is 0.962. The van der Waals surface area contributed by atoms with Crippen LogP contribution in [0.15, 0.2) is 38.0 Å². The number of carbonyl (C=O) groups excluding carboxylic acids is 1. The van der Waals surface area contributed by atoms with Gasteiger partial charge in [-0.15, -0.1) is 0 Å². The van der Waals surface area contributed by atoms with Gasteiger partial charge < -0.3 is 71.3 Å². The van der Waals surface area contributed by atoms with Crippen molar-refractivity contribution in [1.29, 1.82) is 0 Å². The number of rotatable bonds is 28. The number of fused-ring (bicyclic) bond motifs is 3. The van der Waals surface area contributed by atoms with E-state index in [0.29, 0.717) is 6.42 Å². The summed E-state index contributed by atoms with van der Waals surface area (Å²) < 4.78 is 66.5. The highest BCUT2D eigenvalue weighted by molar-refractivity contribution is 7.47. The second-order valence-electron chi connectivity index (χ2n) is 20.0. The van der Waals surface area contributed by atoms with E-state index in [9.17, 15) is 43.9 Å². The number of nitrogens with two attached hydrogens (primary N) is 3. The Morgan fingerprint density at radius 2 is 1.20 bits per heavy atom. The molecule has 0 bridgehead atoms. The number of anilines is 3. The summed E-state index contributed by atoms with van der Waals surface area (Å²) in [5.74, 6) is -1.83. The highest BCUT2D eigenvalue weighted by Crippen LogP contribution is 2.52. The van der Waals surface area contributed by atoms with Gasteiger partial charge in [-0.25, -0.2) is 49.4 Å². The average Bonchev–Trinajstić information content (AvgIpc) is 4.32. The predicted octanol–water partition coefficient (Wildman–Crippen LogP) is 1.98. The van der Waals surface area contributed by atoms with Crippen LogP contribution >= 0.6 is 15.6 Å². The number of phosphoric acid groups is 2. The van der Waals surface area contributed by atoms with Crippen LogP contribution < -0.4 is 27.4 Å². The van der Waals surface area contributed by atoms with Gasteiger partial charge in [0.05, 0.1) is 44.3 Å². The molecule has 14 unspecified atom stereocenters. The number of hydrogen-bond donors (Lipinski definition) is 9. The summed E-state index contributed by atoms with van der Waals surface area (Å²) in [4.78, 5) is 86.4. The Bertz CT molecular complexity index is 3110. The molecule has 12 N–H and O–H groups in total. The molecule has 14 atom stereocenters. The number of amides is 1. The molecule has 0 aliphatic carbocycles. The number of ether oxygens (including phenoxy) is 3. The van der Waals surface area contributed by atoms with Crippen LogP contribution in [-0.4, -0.2) is 152 Å². The molecule has 3 fully saturated rings. The van der Waals surface area contributed by atoms with Gasteiger partial charge in [0.25, 0.3) is 7.82 Å². The summed E-state index contributed by atoms with van der Waals surface area (Å²) in [6.45, 7) is 0.717. The molecular formula is C46H67N16O15P2-. The molecule has 432 valence electrons. The summed E-state index contributed by atoms with van der Waals surface area (Å²) in [6, 6.07) is -1.46. The summed E-state index contributed by atoms with van der Waals surface area (Å²) in [6.07, 6.45) is 5.73. The van der Waals surface area contributed by atoms with Crippen molar-refractivity contribution < 1.29 is 71.7 Å². The Hall–Kier alpha value is -5.50. The average molecular weight is 1150 g/mol. The van der Waals surface area contributed by atoms with Crippen molar-refractivity contribution in [1.82, 2.24) is 63.9 Å². The maximum atomic E-state index is 14.0. The Morgan fingerprint density at radius 3 is 1.71 bits per heavy atom. The van der Waals surface area contributed by atoms with Gasteiger partial charge in [-0.05, 0) is 12.8 Å². The lowest BCUT2D eigenvalue weighted by molar-refractivity contribution is -0.233. The van der Waals surface area contributed by atoms with Crippen LogP contribution in [-0.2, 0) is 41.7 Å². The number of unbranched alkanes of at least 4 members (excludes halogenated alkanes) is 12. The first-order valence-corrected chi connectivity index (χ1v) is 29.4. The minimum absolute atomic E-state index is 0.00712. The second-order valence-corrected chi connectivity index (χ2v) is 22.5. The number of phosphoric ester groups is 2. The van der Waals surface area contributed by atoms with Crippen molar-refractivity contribution in [3.8, 4) is 0 Å². The van der Waals surface area contributed by atoms with Crippen LogP contribution in [0.1, 0.15) is 122 Å². The highest BCUT2D eigenvalue weighted by atomic mass is 31.2. The second kappa shape index (κ2) is 25.5. The van der Waals surface area contributed by atoms with Crippen molar-refractivity contribution in [2.75, 3.05) is 30.4 Å². The van der Waals surface area contributed by atoms with E-state index in [2.05, 4.69) is 57.1 Å². The highest BCUT2D eigenvalue weighted by Gasteiger charge is 2.56. The van der Waals surface area contributed by atoms with E-state index in [4.69, 9.17) is 45.0 Å². The normalized spacial score (nSPS) is 27.3. The van der Waals surface area contributed by atoms with E-state index in [1.807, 2.05) is 0 Å². The van der Waals surface area contributed by atoms with Crippen LogP contribution in [0.4, 0.5) is 17.5 Å². The summed E-state index contributed by atoms with van der Waals surface area (Å²) >= 11 is 0. The lowest BCUT2D eigenvalue weighted by atomic mass is 9.89. The number of hydrogen-bond acceptors (Lipinski definition) is 25. The van der Waals surface area contributed by atoms with Crippen LogP contribution in [0.2, 0.25) is 0 Å². The zero-order chi connectivity index (χ0) is 56.0. The maximum absolute atomic E-state index is 14.0. The molecule has 0 spiro atoms. The molecule has 6 aromatic rings. The molecule has 9 heterocycles. The third-order valence-electron chi connectivity index (χ3n) is 14.5. The van der Waals surface area contributed by atoms with E-state index < -0.39 is 108 Å². The molecule has 6 aromatic heterocycles.